The zero-order valence-electron chi connectivity index (χ0n) is 14.1. The van der Waals surface area contributed by atoms with Gasteiger partial charge >= 0.3 is 0 Å². The Morgan fingerprint density at radius 3 is 3.08 bits per heavy atom. The number of primary amides is 1. The number of nitrogens with two attached hydrogens (primary N) is 1. The summed E-state index contributed by atoms with van der Waals surface area (Å²) < 4.78 is 5.84. The summed E-state index contributed by atoms with van der Waals surface area (Å²) >= 11 is 0. The summed E-state index contributed by atoms with van der Waals surface area (Å²) in [5, 5.41) is 1.06. The van der Waals surface area contributed by atoms with Gasteiger partial charge in [-0.3, -0.25) is 9.69 Å². The van der Waals surface area contributed by atoms with Gasteiger partial charge in [-0.15, -0.1) is 0 Å². The Morgan fingerprint density at radius 2 is 2.29 bits per heavy atom. The average molecular weight is 329 g/mol. The average Bonchev–Trinajstić information content (AvgIpc) is 2.54. The van der Waals surface area contributed by atoms with Crippen LogP contribution < -0.4 is 10.6 Å². The maximum atomic E-state index is 11.0. The molecule has 24 heavy (non-hydrogen) atoms. The second-order valence-electron chi connectivity index (χ2n) is 6.27. The van der Waals surface area contributed by atoms with Crippen LogP contribution in [-0.2, 0) is 9.53 Å². The second kappa shape index (κ2) is 7.11. The van der Waals surface area contributed by atoms with Gasteiger partial charge in [0.2, 0.25) is 5.91 Å². The van der Waals surface area contributed by atoms with Crippen LogP contribution in [0.2, 0.25) is 0 Å². The van der Waals surface area contributed by atoms with E-state index in [2.05, 4.69) is 33.9 Å². The van der Waals surface area contributed by atoms with E-state index in [9.17, 15) is 4.79 Å². The lowest BCUT2D eigenvalue weighted by atomic mass is 10.1. The van der Waals surface area contributed by atoms with Gasteiger partial charge < -0.3 is 15.4 Å². The standard InChI is InChI=1S/C17H23N5O2/c1-12-4-3-5-14-16(12)19-11-20-17(14)22-6-7-24-13(9-22)8-21(2)10-15(18)23/h3-5,11,13H,6-10H2,1-2H3,(H2,18,23). The van der Waals surface area contributed by atoms with E-state index >= 15 is 0 Å². The summed E-state index contributed by atoms with van der Waals surface area (Å²) in [6.07, 6.45) is 1.63. The number of amides is 1. The molecule has 1 fully saturated rings. The van der Waals surface area contributed by atoms with Crippen molar-refractivity contribution in [2.75, 3.05) is 44.7 Å². The third kappa shape index (κ3) is 3.63. The lowest BCUT2D eigenvalue weighted by molar-refractivity contribution is -0.119. The van der Waals surface area contributed by atoms with Crippen LogP contribution in [0.4, 0.5) is 5.82 Å². The number of hydrogen-bond acceptors (Lipinski definition) is 6. The summed E-state index contributed by atoms with van der Waals surface area (Å²) in [6.45, 7) is 5.09. The Balaban J connectivity index is 1.78. The largest absolute Gasteiger partial charge is 0.373 e. The Labute approximate surface area is 141 Å². The molecule has 2 N–H and O–H groups in total. The number of para-hydroxylation sites is 1. The van der Waals surface area contributed by atoms with Crippen molar-refractivity contribution in [3.05, 3.63) is 30.1 Å². The molecule has 2 aromatic rings. The zero-order chi connectivity index (χ0) is 17.1. The molecule has 0 radical (unpaired) electrons. The van der Waals surface area contributed by atoms with Crippen molar-refractivity contribution in [3.63, 3.8) is 0 Å². The highest BCUT2D eigenvalue weighted by atomic mass is 16.5. The van der Waals surface area contributed by atoms with Gasteiger partial charge in [-0.25, -0.2) is 9.97 Å². The van der Waals surface area contributed by atoms with E-state index in [0.29, 0.717) is 13.2 Å². The molecule has 2 heterocycles. The van der Waals surface area contributed by atoms with Crippen molar-refractivity contribution in [3.8, 4) is 0 Å². The quantitative estimate of drug-likeness (QED) is 0.863. The second-order valence-corrected chi connectivity index (χ2v) is 6.27. The van der Waals surface area contributed by atoms with E-state index in [1.807, 2.05) is 18.0 Å². The third-order valence-electron chi connectivity index (χ3n) is 4.22. The minimum atomic E-state index is -0.331. The lowest BCUT2D eigenvalue weighted by Gasteiger charge is -2.35. The van der Waals surface area contributed by atoms with Crippen molar-refractivity contribution in [1.82, 2.24) is 14.9 Å². The number of aromatic nitrogens is 2. The number of fused-ring (bicyclic) bond motifs is 1. The maximum Gasteiger partial charge on any atom is 0.231 e. The van der Waals surface area contributed by atoms with Crippen LogP contribution in [0.15, 0.2) is 24.5 Å². The molecule has 0 aliphatic carbocycles. The summed E-state index contributed by atoms with van der Waals surface area (Å²) in [5.74, 6) is 0.608. The van der Waals surface area contributed by atoms with E-state index in [0.717, 1.165) is 35.4 Å². The Hall–Kier alpha value is -2.25. The van der Waals surface area contributed by atoms with Gasteiger partial charge in [0.25, 0.3) is 0 Å². The van der Waals surface area contributed by atoms with Gasteiger partial charge in [0.1, 0.15) is 12.1 Å². The van der Waals surface area contributed by atoms with E-state index in [-0.39, 0.29) is 18.6 Å². The highest BCUT2D eigenvalue weighted by molar-refractivity contribution is 5.91. The van der Waals surface area contributed by atoms with Crippen molar-refractivity contribution in [1.29, 1.82) is 0 Å². The van der Waals surface area contributed by atoms with Gasteiger partial charge in [-0.2, -0.15) is 0 Å². The summed E-state index contributed by atoms with van der Waals surface area (Å²) in [5.41, 5.74) is 7.37. The molecule has 0 saturated carbocycles. The molecule has 7 heteroatoms. The molecule has 1 aromatic heterocycles. The molecule has 128 valence electrons. The van der Waals surface area contributed by atoms with Crippen LogP contribution in [-0.4, -0.2) is 66.7 Å². The molecule has 0 bridgehead atoms. The van der Waals surface area contributed by atoms with Crippen LogP contribution >= 0.6 is 0 Å². The Morgan fingerprint density at radius 1 is 1.46 bits per heavy atom. The molecular formula is C17H23N5O2. The fraction of sp³-hybridized carbons (Fsp3) is 0.471. The van der Waals surface area contributed by atoms with Gasteiger partial charge in [0, 0.05) is 25.0 Å². The first-order valence-corrected chi connectivity index (χ1v) is 8.08. The van der Waals surface area contributed by atoms with Gasteiger partial charge in [-0.1, -0.05) is 12.1 Å². The number of morpholine rings is 1. The van der Waals surface area contributed by atoms with Crippen LogP contribution in [0.25, 0.3) is 10.9 Å². The smallest absolute Gasteiger partial charge is 0.231 e. The number of carbonyl (C=O) groups excluding carboxylic acids is 1. The lowest BCUT2D eigenvalue weighted by Crippen LogP contribution is -2.48. The van der Waals surface area contributed by atoms with E-state index in [1.165, 1.54) is 0 Å². The molecule has 1 unspecified atom stereocenters. The number of aryl methyl sites for hydroxylation is 1. The molecular weight excluding hydrogens is 306 g/mol. The Kier molecular flexibility index (Phi) is 4.92. The van der Waals surface area contributed by atoms with Gasteiger partial charge in [0.15, 0.2) is 0 Å². The predicted octanol–water partition coefficient (Wildman–Crippen LogP) is 0.561. The van der Waals surface area contributed by atoms with Gasteiger partial charge in [0.05, 0.1) is 24.8 Å². The normalized spacial score (nSPS) is 18.3. The van der Waals surface area contributed by atoms with Crippen molar-refractivity contribution < 1.29 is 9.53 Å². The Bertz CT molecular complexity index is 736. The van der Waals surface area contributed by atoms with Crippen molar-refractivity contribution >= 4 is 22.6 Å². The van der Waals surface area contributed by atoms with Crippen molar-refractivity contribution in [2.24, 2.45) is 5.73 Å². The first kappa shape index (κ1) is 16.6. The number of benzene rings is 1. The maximum absolute atomic E-state index is 11.0. The van der Waals surface area contributed by atoms with E-state index < -0.39 is 0 Å². The molecule has 1 saturated heterocycles. The molecule has 1 aromatic carbocycles. The number of anilines is 1. The third-order valence-corrected chi connectivity index (χ3v) is 4.22. The fourth-order valence-electron chi connectivity index (χ4n) is 3.17. The van der Waals surface area contributed by atoms with Crippen molar-refractivity contribution in [2.45, 2.75) is 13.0 Å². The predicted molar refractivity (Wildman–Crippen MR) is 92.9 cm³/mol. The minimum absolute atomic E-state index is 0.0120. The van der Waals surface area contributed by atoms with Crippen LogP contribution in [0, 0.1) is 6.92 Å². The first-order chi connectivity index (χ1) is 11.5. The van der Waals surface area contributed by atoms with Crippen LogP contribution in [0.3, 0.4) is 0 Å². The highest BCUT2D eigenvalue weighted by Crippen LogP contribution is 2.26. The molecule has 3 rings (SSSR count). The zero-order valence-corrected chi connectivity index (χ0v) is 14.1. The molecule has 0 spiro atoms. The number of hydrogen-bond donors (Lipinski definition) is 1. The summed E-state index contributed by atoms with van der Waals surface area (Å²) in [7, 11) is 1.87. The fourth-order valence-corrected chi connectivity index (χ4v) is 3.17. The summed E-state index contributed by atoms with van der Waals surface area (Å²) in [4.78, 5) is 24.1. The minimum Gasteiger partial charge on any atom is -0.373 e. The molecule has 1 atom stereocenters. The number of ether oxygens (including phenoxy) is 1. The SMILES string of the molecule is Cc1cccc2c(N3CCOC(CN(C)CC(N)=O)C3)ncnc12. The molecule has 1 amide bonds. The van der Waals surface area contributed by atoms with Crippen LogP contribution in [0.1, 0.15) is 5.56 Å². The number of nitrogens with zero attached hydrogens (tertiary/aromatic N) is 4. The number of carbonyl (C=O) groups is 1. The number of likely N-dealkylation sites (N-methyl/N-ethyl adjacent to an activating group) is 1. The molecule has 7 nitrogen and oxygen atoms in total. The highest BCUT2D eigenvalue weighted by Gasteiger charge is 2.24. The van der Waals surface area contributed by atoms with E-state index in [1.54, 1.807) is 6.33 Å². The monoisotopic (exact) mass is 329 g/mol. The molecule has 1 aliphatic heterocycles. The van der Waals surface area contributed by atoms with E-state index in [4.69, 9.17) is 10.5 Å². The molecule has 1 aliphatic rings. The number of rotatable bonds is 5. The first-order valence-electron chi connectivity index (χ1n) is 8.08. The summed E-state index contributed by atoms with van der Waals surface area (Å²) in [6, 6.07) is 6.14. The van der Waals surface area contributed by atoms with Crippen LogP contribution in [0.5, 0.6) is 0 Å². The van der Waals surface area contributed by atoms with Gasteiger partial charge in [-0.05, 0) is 25.6 Å². The topological polar surface area (TPSA) is 84.6 Å².